The molecule has 0 spiro atoms. The van der Waals surface area contributed by atoms with Gasteiger partial charge in [-0.2, -0.15) is 10.6 Å². The number of rotatable bonds is 2. The zero-order valence-corrected chi connectivity index (χ0v) is 7.00. The van der Waals surface area contributed by atoms with Gasteiger partial charge in [-0.1, -0.05) is 0 Å². The topological polar surface area (TPSA) is 50.1 Å². The van der Waals surface area contributed by atoms with Gasteiger partial charge in [-0.25, -0.2) is 0 Å². The van der Waals surface area contributed by atoms with Gasteiger partial charge in [0.2, 0.25) is 0 Å². The summed E-state index contributed by atoms with van der Waals surface area (Å²) in [5, 5.41) is 12.8. The Bertz CT molecular complexity index is 244. The van der Waals surface area contributed by atoms with E-state index in [9.17, 15) is 0 Å². The fourth-order valence-corrected chi connectivity index (χ4v) is 1.11. The third-order valence-electron chi connectivity index (χ3n) is 1.71. The molecular formula is C7H13N3O. The standard InChI is InChI=1S/C7H13N3O/c1-5-7(6(2)9-11)4-10(3)8-5/h4,6,9,11H,1-3H3. The summed E-state index contributed by atoms with van der Waals surface area (Å²) in [7, 11) is 1.86. The molecule has 0 amide bonds. The van der Waals surface area contributed by atoms with Gasteiger partial charge in [0.15, 0.2) is 0 Å². The maximum absolute atomic E-state index is 8.63. The molecule has 1 aromatic rings. The van der Waals surface area contributed by atoms with Crippen LogP contribution in [0.15, 0.2) is 6.20 Å². The van der Waals surface area contributed by atoms with Crippen molar-refractivity contribution < 1.29 is 5.21 Å². The van der Waals surface area contributed by atoms with E-state index in [4.69, 9.17) is 5.21 Å². The summed E-state index contributed by atoms with van der Waals surface area (Å²) in [6, 6.07) is -0.0521. The Morgan fingerprint density at radius 3 is 2.73 bits per heavy atom. The Labute approximate surface area is 65.8 Å². The molecule has 1 atom stereocenters. The molecule has 1 rings (SSSR count). The maximum Gasteiger partial charge on any atom is 0.0642 e. The van der Waals surface area contributed by atoms with E-state index in [-0.39, 0.29) is 6.04 Å². The number of aromatic nitrogens is 2. The van der Waals surface area contributed by atoms with Crippen molar-refractivity contribution in [3.8, 4) is 0 Å². The molecule has 0 radical (unpaired) electrons. The Balaban J connectivity index is 2.93. The minimum Gasteiger partial charge on any atom is -0.316 e. The average molecular weight is 155 g/mol. The number of nitrogens with one attached hydrogen (secondary N) is 1. The monoisotopic (exact) mass is 155 g/mol. The fourth-order valence-electron chi connectivity index (χ4n) is 1.11. The molecule has 0 saturated carbocycles. The van der Waals surface area contributed by atoms with E-state index in [2.05, 4.69) is 10.6 Å². The van der Waals surface area contributed by atoms with E-state index < -0.39 is 0 Å². The minimum atomic E-state index is -0.0521. The minimum absolute atomic E-state index is 0.0521. The lowest BCUT2D eigenvalue weighted by Crippen LogP contribution is -2.13. The van der Waals surface area contributed by atoms with Crippen LogP contribution < -0.4 is 5.48 Å². The van der Waals surface area contributed by atoms with Gasteiger partial charge in [-0.15, -0.1) is 0 Å². The Morgan fingerprint density at radius 2 is 2.36 bits per heavy atom. The Kier molecular flexibility index (Phi) is 2.26. The van der Waals surface area contributed by atoms with E-state index in [0.717, 1.165) is 11.3 Å². The molecule has 0 aliphatic carbocycles. The molecule has 0 saturated heterocycles. The van der Waals surface area contributed by atoms with Gasteiger partial charge >= 0.3 is 0 Å². The van der Waals surface area contributed by atoms with Crippen molar-refractivity contribution >= 4 is 0 Å². The van der Waals surface area contributed by atoms with Gasteiger partial charge in [0.05, 0.1) is 11.7 Å². The van der Waals surface area contributed by atoms with Crippen molar-refractivity contribution in [1.82, 2.24) is 15.3 Å². The first-order valence-corrected chi connectivity index (χ1v) is 3.55. The van der Waals surface area contributed by atoms with Gasteiger partial charge in [-0.05, 0) is 13.8 Å². The zero-order chi connectivity index (χ0) is 8.43. The van der Waals surface area contributed by atoms with Gasteiger partial charge < -0.3 is 5.21 Å². The first-order chi connectivity index (χ1) is 5.15. The molecule has 1 aromatic heterocycles. The van der Waals surface area contributed by atoms with Crippen molar-refractivity contribution in [2.45, 2.75) is 19.9 Å². The lowest BCUT2D eigenvalue weighted by atomic mass is 10.1. The van der Waals surface area contributed by atoms with Crippen LogP contribution in [0.3, 0.4) is 0 Å². The second-order valence-corrected chi connectivity index (χ2v) is 2.69. The van der Waals surface area contributed by atoms with E-state index in [0.29, 0.717) is 0 Å². The van der Waals surface area contributed by atoms with E-state index in [1.807, 2.05) is 27.1 Å². The summed E-state index contributed by atoms with van der Waals surface area (Å²) < 4.78 is 1.73. The molecule has 0 bridgehead atoms. The normalized spacial score (nSPS) is 13.5. The number of nitrogens with zero attached hydrogens (tertiary/aromatic N) is 2. The van der Waals surface area contributed by atoms with Crippen LogP contribution in [0.1, 0.15) is 24.2 Å². The third-order valence-corrected chi connectivity index (χ3v) is 1.71. The summed E-state index contributed by atoms with van der Waals surface area (Å²) in [6.07, 6.45) is 1.89. The van der Waals surface area contributed by atoms with E-state index >= 15 is 0 Å². The first kappa shape index (κ1) is 8.23. The third kappa shape index (κ3) is 1.58. The number of hydrogen-bond acceptors (Lipinski definition) is 3. The number of aryl methyl sites for hydroxylation is 2. The lowest BCUT2D eigenvalue weighted by Gasteiger charge is -2.05. The van der Waals surface area contributed by atoms with Crippen LogP contribution in [-0.2, 0) is 7.05 Å². The second-order valence-electron chi connectivity index (χ2n) is 2.69. The van der Waals surface area contributed by atoms with Crippen molar-refractivity contribution in [1.29, 1.82) is 0 Å². The highest BCUT2D eigenvalue weighted by Crippen LogP contribution is 2.13. The fraction of sp³-hybridized carbons (Fsp3) is 0.571. The molecule has 4 nitrogen and oxygen atoms in total. The summed E-state index contributed by atoms with van der Waals surface area (Å²) in [5.41, 5.74) is 4.15. The summed E-state index contributed by atoms with van der Waals surface area (Å²) in [6.45, 7) is 3.80. The van der Waals surface area contributed by atoms with Crippen LogP contribution >= 0.6 is 0 Å². The predicted molar refractivity (Wildman–Crippen MR) is 41.3 cm³/mol. The van der Waals surface area contributed by atoms with E-state index in [1.54, 1.807) is 4.68 Å². The molecule has 0 fully saturated rings. The molecule has 0 aromatic carbocycles. The van der Waals surface area contributed by atoms with Crippen LogP contribution in [0.25, 0.3) is 0 Å². The molecule has 0 aliphatic heterocycles. The van der Waals surface area contributed by atoms with Crippen molar-refractivity contribution in [3.63, 3.8) is 0 Å². The predicted octanol–water partition coefficient (Wildman–Crippen LogP) is 0.768. The van der Waals surface area contributed by atoms with Crippen LogP contribution in [0, 0.1) is 6.92 Å². The molecule has 62 valence electrons. The maximum atomic E-state index is 8.63. The Morgan fingerprint density at radius 1 is 1.73 bits per heavy atom. The van der Waals surface area contributed by atoms with E-state index in [1.165, 1.54) is 0 Å². The van der Waals surface area contributed by atoms with Crippen LogP contribution in [0.4, 0.5) is 0 Å². The molecule has 2 N–H and O–H groups in total. The van der Waals surface area contributed by atoms with Gasteiger partial charge in [0.1, 0.15) is 0 Å². The zero-order valence-electron chi connectivity index (χ0n) is 7.00. The van der Waals surface area contributed by atoms with Gasteiger partial charge in [-0.3, -0.25) is 4.68 Å². The molecular weight excluding hydrogens is 142 g/mol. The van der Waals surface area contributed by atoms with Crippen molar-refractivity contribution in [2.24, 2.45) is 7.05 Å². The smallest absolute Gasteiger partial charge is 0.0642 e. The molecule has 4 heteroatoms. The highest BCUT2D eigenvalue weighted by atomic mass is 16.5. The number of hydrogen-bond donors (Lipinski definition) is 2. The summed E-state index contributed by atoms with van der Waals surface area (Å²) >= 11 is 0. The molecule has 0 aliphatic rings. The second kappa shape index (κ2) is 3.02. The first-order valence-electron chi connectivity index (χ1n) is 3.55. The van der Waals surface area contributed by atoms with Crippen LogP contribution in [0.5, 0.6) is 0 Å². The van der Waals surface area contributed by atoms with Crippen LogP contribution in [0.2, 0.25) is 0 Å². The molecule has 1 heterocycles. The average Bonchev–Trinajstić information content (AvgIpc) is 2.28. The summed E-state index contributed by atoms with van der Waals surface area (Å²) in [4.78, 5) is 0. The van der Waals surface area contributed by atoms with Crippen molar-refractivity contribution in [2.75, 3.05) is 0 Å². The number of hydroxylamine groups is 1. The van der Waals surface area contributed by atoms with Crippen molar-refractivity contribution in [3.05, 3.63) is 17.5 Å². The van der Waals surface area contributed by atoms with Crippen LogP contribution in [-0.4, -0.2) is 15.0 Å². The van der Waals surface area contributed by atoms with Gasteiger partial charge in [0, 0.05) is 18.8 Å². The SMILES string of the molecule is Cc1nn(C)cc1C(C)NO. The molecule has 11 heavy (non-hydrogen) atoms. The lowest BCUT2D eigenvalue weighted by molar-refractivity contribution is 0.133. The largest absolute Gasteiger partial charge is 0.316 e. The quantitative estimate of drug-likeness (QED) is 0.620. The highest BCUT2D eigenvalue weighted by molar-refractivity contribution is 5.18. The Hall–Kier alpha value is -0.870. The summed E-state index contributed by atoms with van der Waals surface area (Å²) in [5.74, 6) is 0. The molecule has 1 unspecified atom stereocenters. The highest BCUT2D eigenvalue weighted by Gasteiger charge is 2.09. The van der Waals surface area contributed by atoms with Gasteiger partial charge in [0.25, 0.3) is 0 Å².